The molecule has 2 aromatic rings. The van der Waals surface area contributed by atoms with Crippen molar-refractivity contribution in [1.29, 1.82) is 5.41 Å². The fourth-order valence-corrected chi connectivity index (χ4v) is 3.03. The highest BCUT2D eigenvalue weighted by molar-refractivity contribution is 5.81. The molecule has 2 rings (SSSR count). The zero-order valence-electron chi connectivity index (χ0n) is 28.2. The Bertz CT molecular complexity index is 1080. The van der Waals surface area contributed by atoms with Crippen molar-refractivity contribution in [3.8, 4) is 0 Å². The van der Waals surface area contributed by atoms with E-state index >= 15 is 0 Å². The van der Waals surface area contributed by atoms with E-state index in [9.17, 15) is 4.79 Å². The summed E-state index contributed by atoms with van der Waals surface area (Å²) in [4.78, 5) is 14.5. The van der Waals surface area contributed by atoms with Crippen LogP contribution in [0.3, 0.4) is 0 Å². The molecule has 6 nitrogen and oxygen atoms in total. The minimum absolute atomic E-state index is 0.111. The van der Waals surface area contributed by atoms with Gasteiger partial charge in [-0.3, -0.25) is 9.79 Å². The van der Waals surface area contributed by atoms with Gasteiger partial charge in [0, 0.05) is 24.9 Å². The van der Waals surface area contributed by atoms with Crippen LogP contribution in [-0.4, -0.2) is 44.0 Å². The van der Waals surface area contributed by atoms with Crippen LogP contribution in [0.5, 0.6) is 0 Å². The highest BCUT2D eigenvalue weighted by Crippen LogP contribution is 2.11. The van der Waals surface area contributed by atoms with E-state index < -0.39 is 0 Å². The number of rotatable bonds is 12. The van der Waals surface area contributed by atoms with E-state index in [-0.39, 0.29) is 5.54 Å². The lowest BCUT2D eigenvalue weighted by Gasteiger charge is -2.13. The smallest absolute Gasteiger partial charge is 0.207 e. The van der Waals surface area contributed by atoms with Crippen molar-refractivity contribution >= 4 is 24.4 Å². The van der Waals surface area contributed by atoms with Gasteiger partial charge in [0.15, 0.2) is 0 Å². The topological polar surface area (TPSA) is 117 Å². The fraction of sp³-hybridized carbons (Fsp3) is 0.378. The molecule has 238 valence electrons. The first-order chi connectivity index (χ1) is 20.7. The molecule has 0 saturated heterocycles. The van der Waals surface area contributed by atoms with Crippen molar-refractivity contribution in [2.24, 2.45) is 16.5 Å². The molecule has 0 saturated carbocycles. The summed E-state index contributed by atoms with van der Waals surface area (Å²) in [5.74, 6) is 0. The van der Waals surface area contributed by atoms with Crippen LogP contribution in [0.1, 0.15) is 78.0 Å². The predicted octanol–water partition coefficient (Wildman–Crippen LogP) is 8.08. The van der Waals surface area contributed by atoms with Gasteiger partial charge in [-0.25, -0.2) is 0 Å². The summed E-state index contributed by atoms with van der Waals surface area (Å²) in [5, 5.41) is 9.80. The number of nitrogens with two attached hydrogens (primary N) is 2. The summed E-state index contributed by atoms with van der Waals surface area (Å²) in [6.45, 7) is 17.3. The third kappa shape index (κ3) is 29.4. The third-order valence-corrected chi connectivity index (χ3v) is 5.16. The summed E-state index contributed by atoms with van der Waals surface area (Å²) in [6.07, 6.45) is 18.4. The lowest BCUT2D eigenvalue weighted by Crippen LogP contribution is -2.13. The maximum atomic E-state index is 9.97. The van der Waals surface area contributed by atoms with Gasteiger partial charge >= 0.3 is 0 Å². The average Bonchev–Trinajstić information content (AvgIpc) is 3.02. The van der Waals surface area contributed by atoms with E-state index in [0.29, 0.717) is 25.2 Å². The molecule has 0 aliphatic heterocycles. The zero-order chi connectivity index (χ0) is 33.4. The first-order valence-electron chi connectivity index (χ1n) is 14.9. The number of carbonyl (C=O) groups is 1. The van der Waals surface area contributed by atoms with Crippen LogP contribution in [0, 0.1) is 12.3 Å². The van der Waals surface area contributed by atoms with Gasteiger partial charge in [0.1, 0.15) is 0 Å². The van der Waals surface area contributed by atoms with Crippen LogP contribution in [0.25, 0.3) is 6.08 Å². The summed E-state index contributed by atoms with van der Waals surface area (Å²) in [5.41, 5.74) is 15.1. The highest BCUT2D eigenvalue weighted by atomic mass is 16.1. The average molecular weight is 590 g/mol. The fourth-order valence-electron chi connectivity index (χ4n) is 3.03. The van der Waals surface area contributed by atoms with E-state index in [1.807, 2.05) is 95.5 Å². The molecule has 0 bridgehead atoms. The second-order valence-electron chi connectivity index (χ2n) is 9.46. The van der Waals surface area contributed by atoms with Crippen LogP contribution >= 0.6 is 0 Å². The molecular weight excluding hydrogens is 530 g/mol. The number of hydrogen-bond acceptors (Lipinski definition) is 5. The number of aryl methyl sites for hydroxylation is 1. The molecule has 0 radical (unpaired) electrons. The first kappa shape index (κ1) is 43.6. The van der Waals surface area contributed by atoms with Gasteiger partial charge in [0.05, 0.1) is 5.54 Å². The maximum absolute atomic E-state index is 9.97. The Morgan fingerprint density at radius 1 is 0.977 bits per heavy atom. The van der Waals surface area contributed by atoms with E-state index in [4.69, 9.17) is 11.1 Å². The maximum Gasteiger partial charge on any atom is 0.207 e. The Hall–Kier alpha value is -3.87. The monoisotopic (exact) mass is 589 g/mol. The lowest BCUT2D eigenvalue weighted by atomic mass is 10.1. The number of carbonyl (C=O) groups excluding carboxylic acids is 1. The molecule has 0 unspecified atom stereocenters. The molecule has 0 fully saturated rings. The number of amides is 1. The van der Waals surface area contributed by atoms with Gasteiger partial charge < -0.3 is 22.2 Å². The Balaban J connectivity index is -0.000000531. The number of nitrogens with zero attached hydrogens (tertiary/aromatic N) is 1. The molecular formula is C37H59N5O. The van der Waals surface area contributed by atoms with E-state index in [1.165, 1.54) is 18.2 Å². The SMILES string of the molecule is C/C=C(\C=C/CCN)CNC=O.C/C=C\C(C)(C)N=Cc1ccc(C)cc1.CC.CC(=N)C/C=C/c1ccccc1.CN. The molecule has 2 aromatic carbocycles. The predicted molar refractivity (Wildman–Crippen MR) is 193 cm³/mol. The Kier molecular flexibility index (Phi) is 31.5. The molecule has 0 spiro atoms. The number of hydrogen-bond donors (Lipinski definition) is 4. The van der Waals surface area contributed by atoms with Crippen LogP contribution in [0.15, 0.2) is 102 Å². The second kappa shape index (κ2) is 31.1. The summed E-state index contributed by atoms with van der Waals surface area (Å²) in [7, 11) is 1.50. The standard InChI is InChI=1S/C14H19N.C11H13N.C9H16N2O.C2H6.CH5N/c1-5-10-14(3,4)15-11-13-8-6-12(2)7-9-13;1-10(12)6-5-9-11-7-3-2-4-8-11;1-2-9(7-11-8-12)5-3-4-6-10;2*1-2/h5-11H,1-4H3;2-5,7-9,12H,6H2,1H3;2-3,5,8H,4,6-7,10H2,1H3,(H,11,12);1-2H3;2H2,1H3/b10-5-,15-11?;9-5+,12-10?;5-3-,9-2+;;. The molecule has 43 heavy (non-hydrogen) atoms. The van der Waals surface area contributed by atoms with Crippen LogP contribution in [0.4, 0.5) is 0 Å². The minimum atomic E-state index is -0.111. The number of nitrogens with one attached hydrogen (secondary N) is 2. The summed E-state index contributed by atoms with van der Waals surface area (Å²) in [6, 6.07) is 18.5. The van der Waals surface area contributed by atoms with Crippen molar-refractivity contribution < 1.29 is 4.79 Å². The van der Waals surface area contributed by atoms with Crippen LogP contribution in [-0.2, 0) is 4.79 Å². The summed E-state index contributed by atoms with van der Waals surface area (Å²) >= 11 is 0. The summed E-state index contributed by atoms with van der Waals surface area (Å²) < 4.78 is 0. The molecule has 0 aliphatic rings. The Morgan fingerprint density at radius 2 is 1.58 bits per heavy atom. The molecule has 0 atom stereocenters. The molecule has 1 amide bonds. The number of benzene rings is 2. The number of aliphatic imine (C=N–C) groups is 1. The Labute approximate surface area is 263 Å². The highest BCUT2D eigenvalue weighted by Gasteiger charge is 2.08. The van der Waals surface area contributed by atoms with E-state index in [1.54, 1.807) is 0 Å². The quantitative estimate of drug-likeness (QED) is 0.0867. The molecule has 0 aromatic heterocycles. The Morgan fingerprint density at radius 3 is 2.07 bits per heavy atom. The van der Waals surface area contributed by atoms with Gasteiger partial charge in [0.25, 0.3) is 0 Å². The normalized spacial score (nSPS) is 11.0. The van der Waals surface area contributed by atoms with Crippen LogP contribution in [0.2, 0.25) is 0 Å². The molecule has 0 heterocycles. The molecule has 6 heteroatoms. The van der Waals surface area contributed by atoms with E-state index in [0.717, 1.165) is 24.0 Å². The largest absolute Gasteiger partial charge is 0.355 e. The van der Waals surface area contributed by atoms with Gasteiger partial charge in [-0.05, 0) is 78.3 Å². The van der Waals surface area contributed by atoms with Crippen molar-refractivity contribution in [2.45, 2.75) is 73.8 Å². The molecule has 0 aliphatic carbocycles. The van der Waals surface area contributed by atoms with Gasteiger partial charge in [0.2, 0.25) is 6.41 Å². The van der Waals surface area contributed by atoms with Gasteiger partial charge in [-0.15, -0.1) is 0 Å². The van der Waals surface area contributed by atoms with E-state index in [2.05, 4.69) is 79.3 Å². The second-order valence-corrected chi connectivity index (χ2v) is 9.46. The van der Waals surface area contributed by atoms with Crippen molar-refractivity contribution in [3.05, 3.63) is 113 Å². The minimum Gasteiger partial charge on any atom is -0.355 e. The van der Waals surface area contributed by atoms with Crippen molar-refractivity contribution in [2.75, 3.05) is 20.1 Å². The lowest BCUT2D eigenvalue weighted by molar-refractivity contribution is -0.109. The third-order valence-electron chi connectivity index (χ3n) is 5.16. The van der Waals surface area contributed by atoms with Crippen molar-refractivity contribution in [1.82, 2.24) is 5.32 Å². The van der Waals surface area contributed by atoms with Crippen molar-refractivity contribution in [3.63, 3.8) is 0 Å². The first-order valence-corrected chi connectivity index (χ1v) is 14.9. The number of allylic oxidation sites excluding steroid dienone is 3. The van der Waals surface area contributed by atoms with Gasteiger partial charge in [-0.1, -0.05) is 117 Å². The zero-order valence-corrected chi connectivity index (χ0v) is 28.2. The van der Waals surface area contributed by atoms with Crippen LogP contribution < -0.4 is 16.8 Å². The molecule has 6 N–H and O–H groups in total. The van der Waals surface area contributed by atoms with Gasteiger partial charge in [-0.2, -0.15) is 0 Å².